The highest BCUT2D eigenvalue weighted by atomic mass is 16.5. The van der Waals surface area contributed by atoms with Crippen LogP contribution in [0.4, 0.5) is 0 Å². The average Bonchev–Trinajstić information content (AvgIpc) is 2.38. The van der Waals surface area contributed by atoms with Crippen molar-refractivity contribution in [3.63, 3.8) is 0 Å². The number of aromatic nitrogens is 2. The van der Waals surface area contributed by atoms with Crippen LogP contribution < -0.4 is 4.74 Å². The summed E-state index contributed by atoms with van der Waals surface area (Å²) in [5, 5.41) is 8.93. The fourth-order valence-electron chi connectivity index (χ4n) is 1.31. The number of ether oxygens (including phenoxy) is 1. The molecule has 0 aliphatic heterocycles. The minimum Gasteiger partial charge on any atom is -0.488 e. The van der Waals surface area contributed by atoms with Gasteiger partial charge in [-0.3, -0.25) is 9.97 Å². The van der Waals surface area contributed by atoms with Crippen molar-refractivity contribution in [1.82, 2.24) is 9.97 Å². The Morgan fingerprint density at radius 1 is 1.18 bits per heavy atom. The Bertz CT molecular complexity index is 514. The maximum Gasteiger partial charge on any atom is 0.341 e. The van der Waals surface area contributed by atoms with Crippen LogP contribution in [-0.4, -0.2) is 21.0 Å². The molecule has 0 bridgehead atoms. The van der Waals surface area contributed by atoms with Crippen molar-refractivity contribution in [1.29, 1.82) is 0 Å². The molecule has 2 aromatic heterocycles. The van der Waals surface area contributed by atoms with Crippen molar-refractivity contribution in [3.05, 3.63) is 54.1 Å². The molecule has 0 aromatic carbocycles. The fraction of sp³-hybridized carbons (Fsp3) is 0.0833. The SMILES string of the molecule is O=C(O)c1cnccc1OCc1ccncc1. The number of aromatic carboxylic acids is 1. The first-order valence-corrected chi connectivity index (χ1v) is 4.96. The average molecular weight is 230 g/mol. The number of nitrogens with zero attached hydrogens (tertiary/aromatic N) is 2. The standard InChI is InChI=1S/C12H10N2O3/c15-12(16)10-7-14-6-3-11(10)17-8-9-1-4-13-5-2-9/h1-7H,8H2,(H,15,16). The third-order valence-electron chi connectivity index (χ3n) is 2.16. The lowest BCUT2D eigenvalue weighted by atomic mass is 10.2. The molecule has 2 rings (SSSR count). The fourth-order valence-corrected chi connectivity index (χ4v) is 1.31. The van der Waals surface area contributed by atoms with Gasteiger partial charge in [0.25, 0.3) is 0 Å². The van der Waals surface area contributed by atoms with Crippen LogP contribution in [0.25, 0.3) is 0 Å². The molecule has 0 fully saturated rings. The van der Waals surface area contributed by atoms with Gasteiger partial charge in [0.1, 0.15) is 17.9 Å². The molecule has 0 amide bonds. The van der Waals surface area contributed by atoms with Crippen LogP contribution in [0.2, 0.25) is 0 Å². The van der Waals surface area contributed by atoms with Gasteiger partial charge in [-0.15, -0.1) is 0 Å². The third kappa shape index (κ3) is 2.78. The molecule has 0 saturated heterocycles. The predicted octanol–water partition coefficient (Wildman–Crippen LogP) is 1.75. The Kier molecular flexibility index (Phi) is 3.30. The zero-order valence-corrected chi connectivity index (χ0v) is 8.91. The molecule has 17 heavy (non-hydrogen) atoms. The summed E-state index contributed by atoms with van der Waals surface area (Å²) >= 11 is 0. The molecule has 5 heteroatoms. The Morgan fingerprint density at radius 3 is 2.59 bits per heavy atom. The van der Waals surface area contributed by atoms with E-state index < -0.39 is 5.97 Å². The quantitative estimate of drug-likeness (QED) is 0.866. The highest BCUT2D eigenvalue weighted by Gasteiger charge is 2.10. The molecular formula is C12H10N2O3. The zero-order valence-electron chi connectivity index (χ0n) is 8.91. The zero-order chi connectivity index (χ0) is 12.1. The van der Waals surface area contributed by atoms with Gasteiger partial charge in [-0.2, -0.15) is 0 Å². The summed E-state index contributed by atoms with van der Waals surface area (Å²) in [4.78, 5) is 18.5. The molecule has 1 N–H and O–H groups in total. The van der Waals surface area contributed by atoms with E-state index in [0.717, 1.165) is 5.56 Å². The molecule has 0 unspecified atom stereocenters. The summed E-state index contributed by atoms with van der Waals surface area (Å²) < 4.78 is 5.44. The van der Waals surface area contributed by atoms with Gasteiger partial charge < -0.3 is 9.84 Å². The summed E-state index contributed by atoms with van der Waals surface area (Å²) in [6.45, 7) is 0.298. The topological polar surface area (TPSA) is 72.3 Å². The van der Waals surface area contributed by atoms with Crippen molar-refractivity contribution in [2.24, 2.45) is 0 Å². The highest BCUT2D eigenvalue weighted by Crippen LogP contribution is 2.17. The minimum absolute atomic E-state index is 0.0570. The number of carboxylic acids is 1. The Balaban J connectivity index is 2.12. The van der Waals surface area contributed by atoms with Crippen molar-refractivity contribution in [3.8, 4) is 5.75 Å². The van der Waals surface area contributed by atoms with Gasteiger partial charge in [-0.1, -0.05) is 0 Å². The summed E-state index contributed by atoms with van der Waals surface area (Å²) in [7, 11) is 0. The van der Waals surface area contributed by atoms with Crippen LogP contribution in [0.5, 0.6) is 5.75 Å². The molecular weight excluding hydrogens is 220 g/mol. The monoisotopic (exact) mass is 230 g/mol. The number of rotatable bonds is 4. The van der Waals surface area contributed by atoms with Gasteiger partial charge in [0.15, 0.2) is 0 Å². The number of hydrogen-bond donors (Lipinski definition) is 1. The largest absolute Gasteiger partial charge is 0.488 e. The summed E-state index contributed by atoms with van der Waals surface area (Å²) in [5.41, 5.74) is 0.981. The van der Waals surface area contributed by atoms with Crippen molar-refractivity contribution < 1.29 is 14.6 Å². The van der Waals surface area contributed by atoms with Gasteiger partial charge in [-0.05, 0) is 23.8 Å². The van der Waals surface area contributed by atoms with Crippen LogP contribution in [0, 0.1) is 0 Å². The van der Waals surface area contributed by atoms with E-state index in [9.17, 15) is 4.79 Å². The molecule has 0 atom stereocenters. The van der Waals surface area contributed by atoms with Crippen LogP contribution >= 0.6 is 0 Å². The van der Waals surface area contributed by atoms with E-state index >= 15 is 0 Å². The molecule has 5 nitrogen and oxygen atoms in total. The first-order valence-electron chi connectivity index (χ1n) is 4.96. The molecule has 2 heterocycles. The van der Waals surface area contributed by atoms with Crippen LogP contribution in [0.3, 0.4) is 0 Å². The first kappa shape index (κ1) is 11.1. The van der Waals surface area contributed by atoms with Gasteiger partial charge in [-0.25, -0.2) is 4.79 Å². The second-order valence-corrected chi connectivity index (χ2v) is 3.32. The lowest BCUT2D eigenvalue weighted by Gasteiger charge is -2.08. The molecule has 0 aliphatic rings. The van der Waals surface area contributed by atoms with Gasteiger partial charge in [0, 0.05) is 24.8 Å². The van der Waals surface area contributed by atoms with Crippen molar-refractivity contribution >= 4 is 5.97 Å². The maximum absolute atomic E-state index is 10.9. The van der Waals surface area contributed by atoms with Crippen LogP contribution in [0.15, 0.2) is 43.0 Å². The summed E-state index contributed by atoms with van der Waals surface area (Å²) in [6.07, 6.45) is 6.07. The van der Waals surface area contributed by atoms with E-state index in [-0.39, 0.29) is 5.56 Å². The first-order chi connectivity index (χ1) is 8.27. The van der Waals surface area contributed by atoms with E-state index in [1.54, 1.807) is 12.4 Å². The van der Waals surface area contributed by atoms with Crippen LogP contribution in [0.1, 0.15) is 15.9 Å². The predicted molar refractivity (Wildman–Crippen MR) is 59.8 cm³/mol. The Hall–Kier alpha value is -2.43. The summed E-state index contributed by atoms with van der Waals surface area (Å²) in [6, 6.07) is 5.15. The van der Waals surface area contributed by atoms with E-state index in [0.29, 0.717) is 12.4 Å². The van der Waals surface area contributed by atoms with Gasteiger partial charge in [0.2, 0.25) is 0 Å². The normalized spacial score (nSPS) is 9.88. The minimum atomic E-state index is -1.05. The van der Waals surface area contributed by atoms with E-state index in [1.165, 1.54) is 18.5 Å². The smallest absolute Gasteiger partial charge is 0.341 e. The Labute approximate surface area is 97.7 Å². The van der Waals surface area contributed by atoms with E-state index in [2.05, 4.69) is 9.97 Å². The molecule has 86 valence electrons. The molecule has 0 saturated carbocycles. The number of carbonyl (C=O) groups is 1. The van der Waals surface area contributed by atoms with E-state index in [1.807, 2.05) is 12.1 Å². The molecule has 2 aromatic rings. The highest BCUT2D eigenvalue weighted by molar-refractivity contribution is 5.90. The van der Waals surface area contributed by atoms with Crippen molar-refractivity contribution in [2.45, 2.75) is 6.61 Å². The van der Waals surface area contributed by atoms with Gasteiger partial charge in [0.05, 0.1) is 0 Å². The summed E-state index contributed by atoms with van der Waals surface area (Å²) in [5.74, 6) is -0.743. The number of pyridine rings is 2. The third-order valence-corrected chi connectivity index (χ3v) is 2.16. The second-order valence-electron chi connectivity index (χ2n) is 3.32. The second kappa shape index (κ2) is 5.07. The van der Waals surface area contributed by atoms with Crippen molar-refractivity contribution in [2.75, 3.05) is 0 Å². The van der Waals surface area contributed by atoms with Gasteiger partial charge >= 0.3 is 5.97 Å². The molecule has 0 spiro atoms. The lowest BCUT2D eigenvalue weighted by Crippen LogP contribution is -2.03. The Morgan fingerprint density at radius 2 is 1.88 bits per heavy atom. The maximum atomic E-state index is 10.9. The van der Waals surface area contributed by atoms with E-state index in [4.69, 9.17) is 9.84 Å². The lowest BCUT2D eigenvalue weighted by molar-refractivity contribution is 0.0691. The molecule has 0 aliphatic carbocycles. The number of hydrogen-bond acceptors (Lipinski definition) is 4. The molecule has 0 radical (unpaired) electrons. The van der Waals surface area contributed by atoms with Crippen LogP contribution in [-0.2, 0) is 6.61 Å². The number of carboxylic acid groups (broad SMARTS) is 1.